The van der Waals surface area contributed by atoms with Gasteiger partial charge < -0.3 is 15.6 Å². The van der Waals surface area contributed by atoms with Crippen molar-refractivity contribution in [2.75, 3.05) is 13.1 Å². The predicted molar refractivity (Wildman–Crippen MR) is 42.3 cm³/mol. The van der Waals surface area contributed by atoms with Crippen molar-refractivity contribution in [2.45, 2.75) is 6.54 Å². The molecule has 62 valence electrons. The van der Waals surface area contributed by atoms with E-state index in [1.165, 1.54) is 6.26 Å². The number of aromatic nitrogens is 1. The molecule has 0 bridgehead atoms. The van der Waals surface area contributed by atoms with Crippen LogP contribution in [0.15, 0.2) is 10.8 Å². The molecule has 0 radical (unpaired) electrons. The molecule has 4 nitrogen and oxygen atoms in total. The van der Waals surface area contributed by atoms with Crippen molar-refractivity contribution in [1.29, 1.82) is 0 Å². The molecule has 1 rings (SSSR count). The number of nitrogens with two attached hydrogens (primary N) is 1. The zero-order chi connectivity index (χ0) is 8.10. The number of rotatable bonds is 4. The molecule has 0 aliphatic heterocycles. The summed E-state index contributed by atoms with van der Waals surface area (Å²) in [6.07, 6.45) is 1.52. The lowest BCUT2D eigenvalue weighted by molar-refractivity contribution is 0.419. The summed E-state index contributed by atoms with van der Waals surface area (Å²) in [6.45, 7) is 2.03. The topological polar surface area (TPSA) is 64.1 Å². The van der Waals surface area contributed by atoms with Gasteiger partial charge in [0.2, 0.25) is 0 Å². The second-order valence-corrected chi connectivity index (χ2v) is 2.45. The lowest BCUT2D eigenvalue weighted by Crippen LogP contribution is -2.21. The fourth-order valence-electron chi connectivity index (χ4n) is 0.683. The van der Waals surface area contributed by atoms with Gasteiger partial charge in [-0.05, 0) is 0 Å². The van der Waals surface area contributed by atoms with Crippen molar-refractivity contribution < 1.29 is 4.52 Å². The minimum atomic E-state index is 0.412. The van der Waals surface area contributed by atoms with Crippen LogP contribution < -0.4 is 11.1 Å². The zero-order valence-electron chi connectivity index (χ0n) is 6.01. The maximum atomic E-state index is 5.64. The van der Waals surface area contributed by atoms with Crippen LogP contribution in [0.25, 0.3) is 0 Å². The molecular formula is C6H10ClN3O. The summed E-state index contributed by atoms with van der Waals surface area (Å²) in [7, 11) is 0. The third kappa shape index (κ3) is 2.49. The smallest absolute Gasteiger partial charge is 0.176 e. The Morgan fingerprint density at radius 3 is 3.09 bits per heavy atom. The molecule has 0 fully saturated rings. The molecule has 0 aliphatic rings. The summed E-state index contributed by atoms with van der Waals surface area (Å²) in [5.74, 6) is 0. The Hall–Kier alpha value is -0.580. The average molecular weight is 176 g/mol. The van der Waals surface area contributed by atoms with Gasteiger partial charge in [-0.15, -0.1) is 0 Å². The molecule has 0 amide bonds. The van der Waals surface area contributed by atoms with Gasteiger partial charge in [-0.1, -0.05) is 16.8 Å². The van der Waals surface area contributed by atoms with Crippen LogP contribution in [0.5, 0.6) is 0 Å². The third-order valence-electron chi connectivity index (χ3n) is 1.23. The number of nitrogens with zero attached hydrogens (tertiary/aromatic N) is 1. The van der Waals surface area contributed by atoms with Crippen LogP contribution in [-0.4, -0.2) is 18.2 Å². The summed E-state index contributed by atoms with van der Waals surface area (Å²) < 4.78 is 4.62. The highest BCUT2D eigenvalue weighted by molar-refractivity contribution is 6.30. The molecule has 0 spiro atoms. The van der Waals surface area contributed by atoms with Crippen molar-refractivity contribution in [3.63, 3.8) is 0 Å². The lowest BCUT2D eigenvalue weighted by Gasteiger charge is -1.98. The second-order valence-electron chi connectivity index (χ2n) is 2.10. The predicted octanol–water partition coefficient (Wildman–Crippen LogP) is 0.376. The van der Waals surface area contributed by atoms with E-state index in [4.69, 9.17) is 17.3 Å². The van der Waals surface area contributed by atoms with Gasteiger partial charge in [-0.3, -0.25) is 0 Å². The van der Waals surface area contributed by atoms with Crippen LogP contribution in [0.4, 0.5) is 0 Å². The third-order valence-corrected chi connectivity index (χ3v) is 1.54. The molecule has 1 heterocycles. The Labute approximate surface area is 69.7 Å². The summed E-state index contributed by atoms with van der Waals surface area (Å²) in [6, 6.07) is 0. The molecule has 3 N–H and O–H groups in total. The second kappa shape index (κ2) is 4.33. The quantitative estimate of drug-likeness (QED) is 0.650. The number of hydrogen-bond donors (Lipinski definition) is 2. The van der Waals surface area contributed by atoms with Gasteiger partial charge >= 0.3 is 0 Å². The molecular weight excluding hydrogens is 166 g/mol. The SMILES string of the molecule is NCCNCc1conc1Cl. The van der Waals surface area contributed by atoms with Gasteiger partial charge in [0.05, 0.1) is 0 Å². The summed E-state index contributed by atoms with van der Waals surface area (Å²) >= 11 is 5.64. The molecule has 0 saturated heterocycles. The van der Waals surface area contributed by atoms with Crippen LogP contribution in [0.2, 0.25) is 5.15 Å². The molecule has 0 saturated carbocycles. The summed E-state index contributed by atoms with van der Waals surface area (Å²) in [4.78, 5) is 0. The molecule has 1 aromatic rings. The standard InChI is InChI=1S/C6H10ClN3O/c7-6-5(4-11-10-6)3-9-2-1-8/h4,9H,1-3,8H2. The van der Waals surface area contributed by atoms with Gasteiger partial charge in [0.15, 0.2) is 5.15 Å². The Kier molecular flexibility index (Phi) is 3.35. The molecule has 1 aromatic heterocycles. The van der Waals surface area contributed by atoms with Crippen LogP contribution in [0.3, 0.4) is 0 Å². The van der Waals surface area contributed by atoms with Crippen LogP contribution in [-0.2, 0) is 6.54 Å². The minimum Gasteiger partial charge on any atom is -0.363 e. The van der Waals surface area contributed by atoms with E-state index < -0.39 is 0 Å². The Morgan fingerprint density at radius 2 is 2.55 bits per heavy atom. The molecule has 0 atom stereocenters. The number of halogens is 1. The fraction of sp³-hybridized carbons (Fsp3) is 0.500. The molecule has 5 heteroatoms. The van der Waals surface area contributed by atoms with Crippen LogP contribution in [0, 0.1) is 0 Å². The monoisotopic (exact) mass is 175 g/mol. The van der Waals surface area contributed by atoms with Gasteiger partial charge in [-0.2, -0.15) is 0 Å². The molecule has 0 aromatic carbocycles. The maximum Gasteiger partial charge on any atom is 0.176 e. The van der Waals surface area contributed by atoms with Gasteiger partial charge in [0.25, 0.3) is 0 Å². The average Bonchev–Trinajstić information content (AvgIpc) is 2.37. The van der Waals surface area contributed by atoms with Gasteiger partial charge in [0, 0.05) is 25.2 Å². The Balaban J connectivity index is 2.32. The first-order valence-electron chi connectivity index (χ1n) is 3.34. The Bertz CT molecular complexity index is 213. The normalized spacial score (nSPS) is 10.4. The van der Waals surface area contributed by atoms with E-state index in [-0.39, 0.29) is 0 Å². The number of nitrogens with one attached hydrogen (secondary N) is 1. The van der Waals surface area contributed by atoms with E-state index in [1.54, 1.807) is 0 Å². The fourth-order valence-corrected chi connectivity index (χ4v) is 0.834. The van der Waals surface area contributed by atoms with Gasteiger partial charge in [0.1, 0.15) is 6.26 Å². The van der Waals surface area contributed by atoms with Crippen molar-refractivity contribution in [2.24, 2.45) is 5.73 Å². The summed E-state index contributed by atoms with van der Waals surface area (Å²) in [5, 5.41) is 6.99. The lowest BCUT2D eigenvalue weighted by atomic mass is 10.3. The first-order valence-corrected chi connectivity index (χ1v) is 3.72. The summed E-state index contributed by atoms with van der Waals surface area (Å²) in [5.41, 5.74) is 6.13. The van der Waals surface area contributed by atoms with Crippen molar-refractivity contribution in [3.8, 4) is 0 Å². The minimum absolute atomic E-state index is 0.412. The molecule has 11 heavy (non-hydrogen) atoms. The highest BCUT2D eigenvalue weighted by atomic mass is 35.5. The van der Waals surface area contributed by atoms with Gasteiger partial charge in [-0.25, -0.2) is 0 Å². The van der Waals surface area contributed by atoms with E-state index >= 15 is 0 Å². The first-order chi connectivity index (χ1) is 5.34. The van der Waals surface area contributed by atoms with Crippen LogP contribution >= 0.6 is 11.6 Å². The highest BCUT2D eigenvalue weighted by Crippen LogP contribution is 2.11. The first kappa shape index (κ1) is 8.52. The maximum absolute atomic E-state index is 5.64. The van der Waals surface area contributed by atoms with E-state index in [2.05, 4.69) is 15.0 Å². The van der Waals surface area contributed by atoms with Crippen LogP contribution in [0.1, 0.15) is 5.56 Å². The largest absolute Gasteiger partial charge is 0.363 e. The highest BCUT2D eigenvalue weighted by Gasteiger charge is 2.02. The molecule has 0 aliphatic carbocycles. The van der Waals surface area contributed by atoms with Crippen molar-refractivity contribution in [3.05, 3.63) is 17.0 Å². The van der Waals surface area contributed by atoms with E-state index in [1.807, 2.05) is 0 Å². The van der Waals surface area contributed by atoms with E-state index in [0.717, 1.165) is 12.1 Å². The zero-order valence-corrected chi connectivity index (χ0v) is 6.77. The Morgan fingerprint density at radius 1 is 1.73 bits per heavy atom. The number of hydrogen-bond acceptors (Lipinski definition) is 4. The van der Waals surface area contributed by atoms with Crippen molar-refractivity contribution >= 4 is 11.6 Å². The van der Waals surface area contributed by atoms with E-state index in [9.17, 15) is 0 Å². The van der Waals surface area contributed by atoms with E-state index in [0.29, 0.717) is 18.2 Å². The molecule has 0 unspecified atom stereocenters. The van der Waals surface area contributed by atoms with Crippen molar-refractivity contribution in [1.82, 2.24) is 10.5 Å².